The lowest BCUT2D eigenvalue weighted by Crippen LogP contribution is -2.50. The van der Waals surface area contributed by atoms with Crippen LogP contribution in [-0.2, 0) is 20.7 Å². The average Bonchev–Trinajstić information content (AvgIpc) is 2.39. The van der Waals surface area contributed by atoms with E-state index in [-0.39, 0.29) is 12.3 Å². The van der Waals surface area contributed by atoms with Crippen LogP contribution < -0.4 is 10.1 Å². The molecule has 0 aliphatic rings. The first-order chi connectivity index (χ1) is 9.30. The van der Waals surface area contributed by atoms with Crippen molar-refractivity contribution in [3.8, 4) is 5.75 Å². The first-order valence-corrected chi connectivity index (χ1v) is 6.33. The second-order valence-corrected chi connectivity index (χ2v) is 5.13. The lowest BCUT2D eigenvalue weighted by molar-refractivity contribution is -0.149. The van der Waals surface area contributed by atoms with Crippen molar-refractivity contribution in [1.82, 2.24) is 5.32 Å². The minimum atomic E-state index is -1.04. The minimum absolute atomic E-state index is 0.205. The van der Waals surface area contributed by atoms with Crippen LogP contribution in [0.2, 0.25) is 0 Å². The smallest absolute Gasteiger partial charge is 0.330 e. The fraction of sp³-hybridized carbons (Fsp3) is 0.467. The quantitative estimate of drug-likeness (QED) is 0.832. The number of aryl methyl sites for hydroxylation is 1. The number of rotatable bonds is 5. The maximum absolute atomic E-state index is 12.0. The zero-order valence-electron chi connectivity index (χ0n) is 12.6. The molecule has 1 N–H and O–H groups in total. The summed E-state index contributed by atoms with van der Waals surface area (Å²) in [6.07, 6.45) is 0.205. The Morgan fingerprint density at radius 3 is 2.40 bits per heavy atom. The van der Waals surface area contributed by atoms with E-state index in [1.54, 1.807) is 27.0 Å². The third kappa shape index (κ3) is 3.98. The van der Waals surface area contributed by atoms with Crippen LogP contribution in [0.3, 0.4) is 0 Å². The molecule has 0 saturated heterocycles. The van der Waals surface area contributed by atoms with E-state index in [0.717, 1.165) is 16.9 Å². The van der Waals surface area contributed by atoms with Crippen molar-refractivity contribution in [1.29, 1.82) is 0 Å². The van der Waals surface area contributed by atoms with E-state index in [9.17, 15) is 9.59 Å². The Labute approximate surface area is 119 Å². The summed E-state index contributed by atoms with van der Waals surface area (Å²) >= 11 is 0. The van der Waals surface area contributed by atoms with Crippen LogP contribution in [0.1, 0.15) is 25.0 Å². The minimum Gasteiger partial charge on any atom is -0.497 e. The van der Waals surface area contributed by atoms with Crippen molar-refractivity contribution in [3.05, 3.63) is 29.3 Å². The third-order valence-electron chi connectivity index (χ3n) is 3.05. The Hall–Kier alpha value is -2.04. The Kier molecular flexibility index (Phi) is 5.13. The van der Waals surface area contributed by atoms with Gasteiger partial charge >= 0.3 is 5.97 Å². The number of methoxy groups -OCH3 is 2. The maximum Gasteiger partial charge on any atom is 0.330 e. The molecule has 1 aromatic rings. The van der Waals surface area contributed by atoms with Crippen molar-refractivity contribution in [2.24, 2.45) is 0 Å². The molecule has 0 bridgehead atoms. The van der Waals surface area contributed by atoms with E-state index in [1.165, 1.54) is 7.11 Å². The highest BCUT2D eigenvalue weighted by Crippen LogP contribution is 2.17. The first kappa shape index (κ1) is 16.0. The molecule has 110 valence electrons. The predicted octanol–water partition coefficient (Wildman–Crippen LogP) is 1.61. The second-order valence-electron chi connectivity index (χ2n) is 5.13. The molecule has 0 spiro atoms. The van der Waals surface area contributed by atoms with E-state index in [1.807, 2.05) is 19.1 Å². The molecule has 0 aromatic heterocycles. The molecule has 0 heterocycles. The molecular weight excluding hydrogens is 258 g/mol. The zero-order valence-corrected chi connectivity index (χ0v) is 12.6. The number of carbonyl (C=O) groups is 2. The number of hydrogen-bond acceptors (Lipinski definition) is 4. The average molecular weight is 279 g/mol. The second kappa shape index (κ2) is 6.41. The Morgan fingerprint density at radius 2 is 1.90 bits per heavy atom. The highest BCUT2D eigenvalue weighted by Gasteiger charge is 2.30. The first-order valence-electron chi connectivity index (χ1n) is 6.33. The molecule has 1 rings (SSSR count). The number of nitrogens with one attached hydrogen (secondary N) is 1. The van der Waals surface area contributed by atoms with Crippen LogP contribution in [0.15, 0.2) is 18.2 Å². The number of amides is 1. The van der Waals surface area contributed by atoms with Gasteiger partial charge in [-0.2, -0.15) is 0 Å². The van der Waals surface area contributed by atoms with Gasteiger partial charge in [0.1, 0.15) is 11.3 Å². The molecule has 0 aliphatic heterocycles. The zero-order chi connectivity index (χ0) is 15.3. The fourth-order valence-corrected chi connectivity index (χ4v) is 1.87. The van der Waals surface area contributed by atoms with Gasteiger partial charge < -0.3 is 14.8 Å². The highest BCUT2D eigenvalue weighted by molar-refractivity contribution is 5.88. The molecule has 0 radical (unpaired) electrons. The molecule has 0 unspecified atom stereocenters. The molecule has 1 aromatic carbocycles. The van der Waals surface area contributed by atoms with Crippen molar-refractivity contribution in [2.75, 3.05) is 14.2 Å². The molecular formula is C15H21NO4. The SMILES string of the molecule is COC(=O)C(C)(C)NC(=O)Cc1ccc(OC)cc1C. The van der Waals surface area contributed by atoms with Gasteiger partial charge in [0.05, 0.1) is 20.6 Å². The normalized spacial score (nSPS) is 10.8. The Morgan fingerprint density at radius 1 is 1.25 bits per heavy atom. The van der Waals surface area contributed by atoms with Crippen molar-refractivity contribution in [3.63, 3.8) is 0 Å². The van der Waals surface area contributed by atoms with Crippen molar-refractivity contribution in [2.45, 2.75) is 32.7 Å². The van der Waals surface area contributed by atoms with Gasteiger partial charge in [-0.15, -0.1) is 0 Å². The summed E-state index contributed by atoms with van der Waals surface area (Å²) in [6.45, 7) is 5.13. The summed E-state index contributed by atoms with van der Waals surface area (Å²) in [5, 5.41) is 2.67. The molecule has 5 heteroatoms. The monoisotopic (exact) mass is 279 g/mol. The molecule has 1 amide bonds. The number of carbonyl (C=O) groups excluding carboxylic acids is 2. The highest BCUT2D eigenvalue weighted by atomic mass is 16.5. The van der Waals surface area contributed by atoms with Gasteiger partial charge in [-0.3, -0.25) is 4.79 Å². The van der Waals surface area contributed by atoms with Crippen LogP contribution >= 0.6 is 0 Å². The lowest BCUT2D eigenvalue weighted by atomic mass is 10.0. The van der Waals surface area contributed by atoms with Crippen LogP contribution in [-0.4, -0.2) is 31.6 Å². The third-order valence-corrected chi connectivity index (χ3v) is 3.05. The van der Waals surface area contributed by atoms with Crippen LogP contribution in [0.25, 0.3) is 0 Å². The Balaban J connectivity index is 2.74. The predicted molar refractivity (Wildman–Crippen MR) is 75.7 cm³/mol. The van der Waals surface area contributed by atoms with Crippen LogP contribution in [0.5, 0.6) is 5.75 Å². The van der Waals surface area contributed by atoms with Gasteiger partial charge in [0, 0.05) is 0 Å². The topological polar surface area (TPSA) is 64.6 Å². The van der Waals surface area contributed by atoms with Gasteiger partial charge in [-0.1, -0.05) is 6.07 Å². The molecule has 5 nitrogen and oxygen atoms in total. The summed E-state index contributed by atoms with van der Waals surface area (Å²) in [5.74, 6) is 0.0486. The molecule has 0 aliphatic carbocycles. The van der Waals surface area contributed by atoms with E-state index in [0.29, 0.717) is 0 Å². The van der Waals surface area contributed by atoms with Gasteiger partial charge in [0.25, 0.3) is 0 Å². The number of esters is 1. The number of benzene rings is 1. The summed E-state index contributed by atoms with van der Waals surface area (Å²) in [5.41, 5.74) is 0.825. The van der Waals surface area contributed by atoms with Crippen molar-refractivity contribution < 1.29 is 19.1 Å². The maximum atomic E-state index is 12.0. The van der Waals surface area contributed by atoms with Gasteiger partial charge in [-0.25, -0.2) is 4.79 Å². The van der Waals surface area contributed by atoms with Crippen LogP contribution in [0, 0.1) is 6.92 Å². The molecule has 0 saturated carbocycles. The lowest BCUT2D eigenvalue weighted by Gasteiger charge is -2.23. The van der Waals surface area contributed by atoms with E-state index < -0.39 is 11.5 Å². The largest absolute Gasteiger partial charge is 0.497 e. The standard InChI is InChI=1S/C15H21NO4/c1-10-8-12(19-4)7-6-11(10)9-13(17)16-15(2,3)14(18)20-5/h6-8H,9H2,1-5H3,(H,16,17). The van der Waals surface area contributed by atoms with E-state index in [4.69, 9.17) is 4.74 Å². The van der Waals surface area contributed by atoms with E-state index >= 15 is 0 Å². The summed E-state index contributed by atoms with van der Waals surface area (Å²) in [7, 11) is 2.89. The molecule has 0 fully saturated rings. The number of hydrogen-bond donors (Lipinski definition) is 1. The summed E-state index contributed by atoms with van der Waals surface area (Å²) in [4.78, 5) is 23.5. The number of ether oxygens (including phenoxy) is 2. The molecule has 20 heavy (non-hydrogen) atoms. The fourth-order valence-electron chi connectivity index (χ4n) is 1.87. The summed E-state index contributed by atoms with van der Waals surface area (Å²) < 4.78 is 9.77. The van der Waals surface area contributed by atoms with Gasteiger partial charge in [0.15, 0.2) is 0 Å². The summed E-state index contributed by atoms with van der Waals surface area (Å²) in [6, 6.07) is 5.52. The van der Waals surface area contributed by atoms with Crippen LogP contribution in [0.4, 0.5) is 0 Å². The molecule has 0 atom stereocenters. The Bertz CT molecular complexity index is 509. The van der Waals surface area contributed by atoms with Gasteiger partial charge in [0.2, 0.25) is 5.91 Å². The van der Waals surface area contributed by atoms with Crippen molar-refractivity contribution >= 4 is 11.9 Å². The van der Waals surface area contributed by atoms with E-state index in [2.05, 4.69) is 10.1 Å². The van der Waals surface area contributed by atoms with Gasteiger partial charge in [-0.05, 0) is 44.0 Å².